The summed E-state index contributed by atoms with van der Waals surface area (Å²) in [5.74, 6) is -0.422. The van der Waals surface area contributed by atoms with Crippen LogP contribution >= 0.6 is 46.4 Å². The van der Waals surface area contributed by atoms with Gasteiger partial charge in [-0.1, -0.05) is 94.9 Å². The number of carbonyl (C=O) groups is 4. The van der Waals surface area contributed by atoms with Gasteiger partial charge < -0.3 is 28.9 Å². The molecule has 6 rings (SSSR count). The van der Waals surface area contributed by atoms with E-state index in [0.717, 1.165) is 22.3 Å². The van der Waals surface area contributed by atoms with E-state index in [1.165, 1.54) is 0 Å². The summed E-state index contributed by atoms with van der Waals surface area (Å²) < 4.78 is 12.1. The standard InChI is InChI=1S/2C19H17Cl2NO3/c2*1-22-17(12-2-6-14(20)7-3-12)18(13-4-8-15(21)9-5-13)25-16(10-11-23)19(22)24/h2*2-9,11,16-18H,10H2,1H3/t2*16-,17?,18-/m10/s1. The number of benzene rings is 4. The van der Waals surface area contributed by atoms with Gasteiger partial charge in [0.25, 0.3) is 11.8 Å². The van der Waals surface area contributed by atoms with Crippen LogP contribution in [0.15, 0.2) is 97.1 Å². The number of amides is 2. The van der Waals surface area contributed by atoms with Crippen molar-refractivity contribution < 1.29 is 28.7 Å². The molecule has 0 aromatic heterocycles. The van der Waals surface area contributed by atoms with Crippen LogP contribution in [0.3, 0.4) is 0 Å². The van der Waals surface area contributed by atoms with Gasteiger partial charge in [0.2, 0.25) is 0 Å². The van der Waals surface area contributed by atoms with Gasteiger partial charge in [-0.2, -0.15) is 0 Å². The van der Waals surface area contributed by atoms with Gasteiger partial charge in [-0.25, -0.2) is 0 Å². The molecule has 0 spiro atoms. The molecule has 0 N–H and O–H groups in total. The van der Waals surface area contributed by atoms with Gasteiger partial charge in [-0.15, -0.1) is 0 Å². The Balaban J connectivity index is 0.000000194. The lowest BCUT2D eigenvalue weighted by molar-refractivity contribution is -0.172. The van der Waals surface area contributed by atoms with Crippen molar-refractivity contribution in [2.24, 2.45) is 0 Å². The molecule has 2 fully saturated rings. The molecule has 0 bridgehead atoms. The summed E-state index contributed by atoms with van der Waals surface area (Å²) in [6.45, 7) is 0. The maximum absolute atomic E-state index is 12.6. The SMILES string of the molecule is CN1C(=O)[C@@H](CC=O)O[C@H](c2ccc(Cl)cc2)C1c1ccc(Cl)cc1.CN1C(=O)[C@H](CC=O)O[C@@H](c2ccc(Cl)cc2)C1c1ccc(Cl)cc1. The summed E-state index contributed by atoms with van der Waals surface area (Å²) in [5.41, 5.74) is 3.59. The summed E-state index contributed by atoms with van der Waals surface area (Å²) in [7, 11) is 3.45. The third-order valence-electron chi connectivity index (χ3n) is 8.72. The molecule has 2 heterocycles. The van der Waals surface area contributed by atoms with Crippen molar-refractivity contribution in [3.63, 3.8) is 0 Å². The first-order valence-corrected chi connectivity index (χ1v) is 17.3. The molecule has 4 aromatic carbocycles. The van der Waals surface area contributed by atoms with Crippen LogP contribution in [0.4, 0.5) is 0 Å². The highest BCUT2D eigenvalue weighted by molar-refractivity contribution is 6.31. The molecule has 2 amide bonds. The van der Waals surface area contributed by atoms with Crippen molar-refractivity contribution in [1.29, 1.82) is 0 Å². The first-order valence-electron chi connectivity index (χ1n) is 15.8. The van der Waals surface area contributed by atoms with Crippen LogP contribution in [0.5, 0.6) is 0 Å². The van der Waals surface area contributed by atoms with Crippen molar-refractivity contribution in [2.45, 2.75) is 49.3 Å². The Morgan fingerprint density at radius 2 is 0.760 bits per heavy atom. The maximum atomic E-state index is 12.6. The van der Waals surface area contributed by atoms with E-state index in [1.54, 1.807) is 72.4 Å². The molecule has 0 saturated carbocycles. The average Bonchev–Trinajstić information content (AvgIpc) is 3.11. The van der Waals surface area contributed by atoms with E-state index >= 15 is 0 Å². The molecule has 12 heteroatoms. The van der Waals surface area contributed by atoms with Crippen LogP contribution in [0, 0.1) is 0 Å². The second kappa shape index (κ2) is 17.0. The van der Waals surface area contributed by atoms with Gasteiger partial charge >= 0.3 is 0 Å². The number of likely N-dealkylation sites (N-methyl/N-ethyl adjacent to an activating group) is 2. The van der Waals surface area contributed by atoms with Gasteiger partial charge in [0.15, 0.2) is 0 Å². The van der Waals surface area contributed by atoms with Crippen molar-refractivity contribution in [1.82, 2.24) is 9.80 Å². The first kappa shape index (κ1) is 37.5. The highest BCUT2D eigenvalue weighted by atomic mass is 35.5. The molecule has 260 valence electrons. The number of morpholine rings is 2. The predicted molar refractivity (Wildman–Crippen MR) is 193 cm³/mol. The minimum atomic E-state index is -0.785. The van der Waals surface area contributed by atoms with Crippen LogP contribution in [0.25, 0.3) is 0 Å². The van der Waals surface area contributed by atoms with Crippen LogP contribution in [-0.4, -0.2) is 60.5 Å². The zero-order valence-corrected chi connectivity index (χ0v) is 30.2. The molecule has 8 nitrogen and oxygen atoms in total. The van der Waals surface area contributed by atoms with Crippen LogP contribution in [0.1, 0.15) is 59.4 Å². The third-order valence-corrected chi connectivity index (χ3v) is 9.72. The molecule has 50 heavy (non-hydrogen) atoms. The summed E-state index contributed by atoms with van der Waals surface area (Å²) in [6.07, 6.45) is -0.924. The number of rotatable bonds is 8. The molecule has 4 aromatic rings. The largest absolute Gasteiger partial charge is 0.357 e. The normalized spacial score (nSPS) is 23.6. The number of halogens is 4. The number of hydrogen-bond donors (Lipinski definition) is 0. The van der Waals surface area contributed by atoms with E-state index < -0.39 is 24.4 Å². The molecule has 2 unspecified atom stereocenters. The fraction of sp³-hybridized carbons (Fsp3) is 0.263. The molecule has 6 atom stereocenters. The number of aldehydes is 2. The Hall–Kier alpha value is -3.76. The van der Waals surface area contributed by atoms with E-state index in [0.29, 0.717) is 32.7 Å². The molecular formula is C38H34Cl4N2O6. The van der Waals surface area contributed by atoms with Gasteiger partial charge in [0, 0.05) is 47.0 Å². The van der Waals surface area contributed by atoms with Crippen LogP contribution in [0.2, 0.25) is 20.1 Å². The predicted octanol–water partition coefficient (Wildman–Crippen LogP) is 8.44. The number of hydrogen-bond acceptors (Lipinski definition) is 6. The van der Waals surface area contributed by atoms with E-state index in [9.17, 15) is 19.2 Å². The number of nitrogens with zero attached hydrogens (tertiary/aromatic N) is 2. The van der Waals surface area contributed by atoms with Gasteiger partial charge in [-0.05, 0) is 70.8 Å². The molecule has 0 aliphatic carbocycles. The first-order chi connectivity index (χ1) is 24.0. The monoisotopic (exact) mass is 754 g/mol. The zero-order valence-electron chi connectivity index (χ0n) is 27.1. The Morgan fingerprint density at radius 3 is 1.02 bits per heavy atom. The summed E-state index contributed by atoms with van der Waals surface area (Å²) in [4.78, 5) is 50.3. The fourth-order valence-electron chi connectivity index (χ4n) is 6.18. The van der Waals surface area contributed by atoms with E-state index in [4.69, 9.17) is 55.9 Å². The van der Waals surface area contributed by atoms with Crippen molar-refractivity contribution >= 4 is 70.8 Å². The minimum absolute atomic E-state index is 0.0284. The highest BCUT2D eigenvalue weighted by Crippen LogP contribution is 2.43. The van der Waals surface area contributed by atoms with Crippen LogP contribution in [-0.2, 0) is 28.7 Å². The Morgan fingerprint density at radius 1 is 0.500 bits per heavy atom. The molecule has 0 radical (unpaired) electrons. The lowest BCUT2D eigenvalue weighted by Crippen LogP contribution is -2.49. The average molecular weight is 757 g/mol. The molecular weight excluding hydrogens is 722 g/mol. The Labute approximate surface area is 310 Å². The lowest BCUT2D eigenvalue weighted by atomic mass is 9.92. The summed E-state index contributed by atoms with van der Waals surface area (Å²) in [5, 5.41) is 2.49. The summed E-state index contributed by atoms with van der Waals surface area (Å²) >= 11 is 23.9. The number of ether oxygens (including phenoxy) is 2. The van der Waals surface area contributed by atoms with E-state index in [-0.39, 0.29) is 36.7 Å². The van der Waals surface area contributed by atoms with Gasteiger partial charge in [0.1, 0.15) is 37.0 Å². The van der Waals surface area contributed by atoms with Gasteiger partial charge in [0.05, 0.1) is 12.1 Å². The zero-order chi connectivity index (χ0) is 35.9. The van der Waals surface area contributed by atoms with Crippen molar-refractivity contribution in [3.05, 3.63) is 139 Å². The van der Waals surface area contributed by atoms with Crippen molar-refractivity contribution in [2.75, 3.05) is 14.1 Å². The summed E-state index contributed by atoms with van der Waals surface area (Å²) in [6, 6.07) is 28.6. The second-order valence-corrected chi connectivity index (χ2v) is 13.6. The number of carbonyl (C=O) groups excluding carboxylic acids is 4. The topological polar surface area (TPSA) is 93.2 Å². The minimum Gasteiger partial charge on any atom is -0.357 e. The Kier molecular flexibility index (Phi) is 12.7. The fourth-order valence-corrected chi connectivity index (χ4v) is 6.69. The lowest BCUT2D eigenvalue weighted by Gasteiger charge is -2.42. The Bertz CT molecular complexity index is 1660. The van der Waals surface area contributed by atoms with Crippen molar-refractivity contribution in [3.8, 4) is 0 Å². The molecule has 2 aliphatic rings. The van der Waals surface area contributed by atoms with E-state index in [1.807, 2.05) is 48.5 Å². The third kappa shape index (κ3) is 8.57. The smallest absolute Gasteiger partial charge is 0.252 e. The quantitative estimate of drug-likeness (QED) is 0.168. The molecule has 2 aliphatic heterocycles. The molecule has 2 saturated heterocycles. The van der Waals surface area contributed by atoms with E-state index in [2.05, 4.69) is 0 Å². The maximum Gasteiger partial charge on any atom is 0.252 e. The van der Waals surface area contributed by atoms with Gasteiger partial charge in [-0.3, -0.25) is 9.59 Å². The highest BCUT2D eigenvalue weighted by Gasteiger charge is 2.43. The second-order valence-electron chi connectivity index (χ2n) is 11.9. The van der Waals surface area contributed by atoms with Crippen LogP contribution < -0.4 is 0 Å².